The highest BCUT2D eigenvalue weighted by Crippen LogP contribution is 2.34. The number of hydrogen-bond donors (Lipinski definition) is 1. The Labute approximate surface area is 101 Å². The molecule has 96 valence electrons. The molecule has 0 aromatic heterocycles. The van der Waals surface area contributed by atoms with Gasteiger partial charge in [0.05, 0.1) is 5.60 Å². The summed E-state index contributed by atoms with van der Waals surface area (Å²) >= 11 is 0. The number of nitrogens with one attached hydrogen (secondary N) is 1. The smallest absolute Gasteiger partial charge is 0.0781 e. The van der Waals surface area contributed by atoms with E-state index < -0.39 is 0 Å². The first-order chi connectivity index (χ1) is 7.51. The van der Waals surface area contributed by atoms with Crippen molar-refractivity contribution in [3.63, 3.8) is 0 Å². The summed E-state index contributed by atoms with van der Waals surface area (Å²) in [6.45, 7) is 9.69. The third kappa shape index (κ3) is 3.46. The van der Waals surface area contributed by atoms with Crippen molar-refractivity contribution in [2.45, 2.75) is 65.0 Å². The summed E-state index contributed by atoms with van der Waals surface area (Å²) in [5.74, 6) is 1.70. The summed E-state index contributed by atoms with van der Waals surface area (Å²) in [6.07, 6.45) is 5.46. The quantitative estimate of drug-likeness (QED) is 0.778. The van der Waals surface area contributed by atoms with Crippen molar-refractivity contribution < 1.29 is 4.74 Å². The van der Waals surface area contributed by atoms with Gasteiger partial charge in [-0.1, -0.05) is 19.8 Å². The van der Waals surface area contributed by atoms with Crippen LogP contribution in [0.25, 0.3) is 0 Å². The van der Waals surface area contributed by atoms with Crippen molar-refractivity contribution in [1.82, 2.24) is 5.32 Å². The highest BCUT2D eigenvalue weighted by atomic mass is 16.5. The highest BCUT2D eigenvalue weighted by molar-refractivity contribution is 4.91. The van der Waals surface area contributed by atoms with Crippen molar-refractivity contribution in [2.24, 2.45) is 11.8 Å². The highest BCUT2D eigenvalue weighted by Gasteiger charge is 2.36. The number of likely N-dealkylation sites (N-methyl/N-ethyl adjacent to an activating group) is 1. The fraction of sp³-hybridized carbons (Fsp3) is 1.00. The topological polar surface area (TPSA) is 21.3 Å². The lowest BCUT2D eigenvalue weighted by Gasteiger charge is -2.41. The minimum Gasteiger partial charge on any atom is -0.374 e. The molecule has 0 aliphatic heterocycles. The van der Waals surface area contributed by atoms with E-state index in [1.165, 1.54) is 25.7 Å². The summed E-state index contributed by atoms with van der Waals surface area (Å²) in [4.78, 5) is 0. The molecule has 0 aromatic rings. The van der Waals surface area contributed by atoms with Gasteiger partial charge < -0.3 is 10.1 Å². The van der Waals surface area contributed by atoms with Crippen LogP contribution >= 0.6 is 0 Å². The Balaban J connectivity index is 2.59. The van der Waals surface area contributed by atoms with E-state index in [9.17, 15) is 0 Å². The third-order valence-corrected chi connectivity index (χ3v) is 4.11. The molecule has 0 amide bonds. The molecule has 1 N–H and O–H groups in total. The molecule has 0 heterocycles. The van der Waals surface area contributed by atoms with Gasteiger partial charge in [-0.3, -0.25) is 0 Å². The van der Waals surface area contributed by atoms with E-state index in [0.717, 1.165) is 18.4 Å². The van der Waals surface area contributed by atoms with Gasteiger partial charge in [-0.05, 0) is 52.5 Å². The van der Waals surface area contributed by atoms with Crippen molar-refractivity contribution in [2.75, 3.05) is 13.7 Å². The normalized spacial score (nSPS) is 29.1. The van der Waals surface area contributed by atoms with Gasteiger partial charge in [-0.2, -0.15) is 0 Å². The molecule has 0 aromatic carbocycles. The molecule has 2 nitrogen and oxygen atoms in total. The predicted molar refractivity (Wildman–Crippen MR) is 69.7 cm³/mol. The van der Waals surface area contributed by atoms with Crippen molar-refractivity contribution in [1.29, 1.82) is 0 Å². The van der Waals surface area contributed by atoms with Gasteiger partial charge >= 0.3 is 0 Å². The molecule has 2 heteroatoms. The zero-order valence-corrected chi connectivity index (χ0v) is 11.7. The number of hydrogen-bond acceptors (Lipinski definition) is 2. The lowest BCUT2D eigenvalue weighted by atomic mass is 9.75. The van der Waals surface area contributed by atoms with Crippen LogP contribution in [0, 0.1) is 11.8 Å². The second-order valence-corrected chi connectivity index (χ2v) is 5.82. The summed E-state index contributed by atoms with van der Waals surface area (Å²) in [5, 5.41) is 3.49. The fourth-order valence-electron chi connectivity index (χ4n) is 3.23. The Morgan fingerprint density at radius 3 is 2.25 bits per heavy atom. The molecule has 16 heavy (non-hydrogen) atoms. The van der Waals surface area contributed by atoms with E-state index in [1.807, 2.05) is 0 Å². The largest absolute Gasteiger partial charge is 0.374 e. The first-order valence-electron chi connectivity index (χ1n) is 6.82. The van der Waals surface area contributed by atoms with Gasteiger partial charge in [-0.25, -0.2) is 0 Å². The Morgan fingerprint density at radius 1 is 1.25 bits per heavy atom. The molecular weight excluding hydrogens is 198 g/mol. The minimum atomic E-state index is -0.0469. The molecule has 0 saturated heterocycles. The zero-order valence-electron chi connectivity index (χ0n) is 11.7. The minimum absolute atomic E-state index is 0.0469. The zero-order chi connectivity index (χ0) is 12.2. The van der Waals surface area contributed by atoms with Crippen molar-refractivity contribution in [3.8, 4) is 0 Å². The van der Waals surface area contributed by atoms with Gasteiger partial charge in [0.1, 0.15) is 0 Å². The Morgan fingerprint density at radius 2 is 1.81 bits per heavy atom. The number of rotatable bonds is 5. The van der Waals surface area contributed by atoms with Crippen LogP contribution < -0.4 is 5.32 Å². The molecular formula is C14H29NO. The molecule has 1 saturated carbocycles. The van der Waals surface area contributed by atoms with Crippen LogP contribution in [0.2, 0.25) is 0 Å². The van der Waals surface area contributed by atoms with Crippen molar-refractivity contribution in [3.05, 3.63) is 0 Å². The van der Waals surface area contributed by atoms with Crippen LogP contribution in [0.3, 0.4) is 0 Å². The Bertz CT molecular complexity index is 195. The molecule has 0 spiro atoms. The van der Waals surface area contributed by atoms with E-state index in [4.69, 9.17) is 4.74 Å². The molecule has 1 aliphatic rings. The summed E-state index contributed by atoms with van der Waals surface area (Å²) < 4.78 is 5.90. The van der Waals surface area contributed by atoms with E-state index in [0.29, 0.717) is 6.04 Å². The first-order valence-corrected chi connectivity index (χ1v) is 6.82. The lowest BCUT2D eigenvalue weighted by molar-refractivity contribution is -0.0564. The van der Waals surface area contributed by atoms with Crippen LogP contribution in [0.4, 0.5) is 0 Å². The SMILES string of the molecule is CCOC(C)(C)C(NC)C1CCC(C)CC1. The van der Waals surface area contributed by atoms with E-state index in [2.05, 4.69) is 40.1 Å². The van der Waals surface area contributed by atoms with Gasteiger partial charge in [0.15, 0.2) is 0 Å². The number of ether oxygens (including phenoxy) is 1. The Kier molecular flexibility index (Phi) is 5.26. The van der Waals surface area contributed by atoms with E-state index >= 15 is 0 Å². The summed E-state index contributed by atoms with van der Waals surface area (Å²) in [7, 11) is 2.07. The molecule has 1 aliphatic carbocycles. The second kappa shape index (κ2) is 6.02. The molecule has 1 fully saturated rings. The van der Waals surface area contributed by atoms with Gasteiger partial charge in [0, 0.05) is 12.6 Å². The molecule has 1 atom stereocenters. The standard InChI is InChI=1S/C14H29NO/c1-6-16-14(3,4)13(15-5)12-9-7-11(2)8-10-12/h11-13,15H,6-10H2,1-5H3. The molecule has 0 bridgehead atoms. The van der Waals surface area contributed by atoms with E-state index in [-0.39, 0.29) is 5.60 Å². The average molecular weight is 227 g/mol. The molecule has 1 rings (SSSR count). The summed E-state index contributed by atoms with van der Waals surface area (Å²) in [5.41, 5.74) is -0.0469. The maximum absolute atomic E-state index is 5.90. The second-order valence-electron chi connectivity index (χ2n) is 5.82. The van der Waals surface area contributed by atoms with Crippen LogP contribution in [-0.2, 0) is 4.74 Å². The third-order valence-electron chi connectivity index (χ3n) is 4.11. The van der Waals surface area contributed by atoms with E-state index in [1.54, 1.807) is 0 Å². The van der Waals surface area contributed by atoms with Crippen molar-refractivity contribution >= 4 is 0 Å². The van der Waals surface area contributed by atoms with Crippen LogP contribution in [0.1, 0.15) is 53.4 Å². The summed E-state index contributed by atoms with van der Waals surface area (Å²) in [6, 6.07) is 0.486. The predicted octanol–water partition coefficient (Wildman–Crippen LogP) is 3.22. The van der Waals surface area contributed by atoms with Crippen LogP contribution in [0.15, 0.2) is 0 Å². The lowest BCUT2D eigenvalue weighted by Crippen LogP contribution is -2.52. The van der Waals surface area contributed by atoms with Crippen LogP contribution in [-0.4, -0.2) is 25.3 Å². The monoisotopic (exact) mass is 227 g/mol. The Hall–Kier alpha value is -0.0800. The van der Waals surface area contributed by atoms with Gasteiger partial charge in [-0.15, -0.1) is 0 Å². The van der Waals surface area contributed by atoms with Crippen LogP contribution in [0.5, 0.6) is 0 Å². The molecule has 1 unspecified atom stereocenters. The average Bonchev–Trinajstić information content (AvgIpc) is 2.21. The maximum atomic E-state index is 5.90. The fourth-order valence-corrected chi connectivity index (χ4v) is 3.23. The van der Waals surface area contributed by atoms with Gasteiger partial charge in [0.25, 0.3) is 0 Å². The maximum Gasteiger partial charge on any atom is 0.0781 e. The first kappa shape index (κ1) is 14.0. The van der Waals surface area contributed by atoms with Gasteiger partial charge in [0.2, 0.25) is 0 Å². The molecule has 0 radical (unpaired) electrons.